The molecule has 1 fully saturated rings. The first-order valence-corrected chi connectivity index (χ1v) is 8.12. The molecule has 21 heavy (non-hydrogen) atoms. The molecule has 4 nitrogen and oxygen atoms in total. The molecule has 0 radical (unpaired) electrons. The molecule has 0 aromatic heterocycles. The number of hydrogen-bond acceptors (Lipinski definition) is 4. The normalized spacial score (nSPS) is 19.0. The lowest BCUT2D eigenvalue weighted by molar-refractivity contribution is -0.137. The lowest BCUT2D eigenvalue weighted by Crippen LogP contribution is -2.32. The van der Waals surface area contributed by atoms with Gasteiger partial charge in [-0.1, -0.05) is 0 Å². The van der Waals surface area contributed by atoms with Gasteiger partial charge in [-0.05, 0) is 31.0 Å². The highest BCUT2D eigenvalue weighted by molar-refractivity contribution is 7.91. The number of halogens is 3. The molecule has 0 spiro atoms. The van der Waals surface area contributed by atoms with Crippen molar-refractivity contribution >= 4 is 15.5 Å². The van der Waals surface area contributed by atoms with Gasteiger partial charge >= 0.3 is 6.18 Å². The van der Waals surface area contributed by atoms with Gasteiger partial charge in [-0.2, -0.15) is 18.4 Å². The third-order valence-electron chi connectivity index (χ3n) is 3.37. The van der Waals surface area contributed by atoms with Crippen molar-refractivity contribution in [2.24, 2.45) is 0 Å². The summed E-state index contributed by atoms with van der Waals surface area (Å²) >= 11 is 0. The second-order valence-corrected chi connectivity index (χ2v) is 7.24. The van der Waals surface area contributed by atoms with Crippen molar-refractivity contribution in [3.63, 3.8) is 0 Å². The van der Waals surface area contributed by atoms with E-state index >= 15 is 0 Å². The molecule has 0 amide bonds. The number of alkyl halides is 3. The zero-order valence-corrected chi connectivity index (χ0v) is 11.8. The topological polar surface area (TPSA) is 70.0 Å². The largest absolute Gasteiger partial charge is 0.417 e. The maximum atomic E-state index is 12.7. The zero-order valence-electron chi connectivity index (χ0n) is 10.9. The van der Waals surface area contributed by atoms with Gasteiger partial charge in [0, 0.05) is 11.7 Å². The van der Waals surface area contributed by atoms with Gasteiger partial charge in [0.2, 0.25) is 0 Å². The van der Waals surface area contributed by atoms with E-state index in [2.05, 4.69) is 5.32 Å². The summed E-state index contributed by atoms with van der Waals surface area (Å²) in [6.45, 7) is 0. The number of hydrogen-bond donors (Lipinski definition) is 1. The Balaban J connectivity index is 2.14. The second kappa shape index (κ2) is 5.56. The molecular formula is C13H13F3N2O2S. The predicted molar refractivity (Wildman–Crippen MR) is 71.5 cm³/mol. The Labute approximate surface area is 120 Å². The molecule has 1 aromatic rings. The number of benzene rings is 1. The molecule has 114 valence electrons. The number of nitriles is 1. The van der Waals surface area contributed by atoms with Crippen LogP contribution in [-0.2, 0) is 16.0 Å². The summed E-state index contributed by atoms with van der Waals surface area (Å²) in [6.07, 6.45) is -3.75. The molecule has 1 aliphatic heterocycles. The summed E-state index contributed by atoms with van der Waals surface area (Å²) in [4.78, 5) is 0. The third kappa shape index (κ3) is 3.88. The lowest BCUT2D eigenvalue weighted by Gasteiger charge is -2.24. The van der Waals surface area contributed by atoms with E-state index in [1.807, 2.05) is 0 Å². The minimum Gasteiger partial charge on any atom is -0.382 e. The van der Waals surface area contributed by atoms with Gasteiger partial charge in [-0.3, -0.25) is 0 Å². The Hall–Kier alpha value is -1.75. The van der Waals surface area contributed by atoms with Gasteiger partial charge in [-0.25, -0.2) is 8.42 Å². The molecule has 0 atom stereocenters. The van der Waals surface area contributed by atoms with Crippen LogP contribution in [0, 0.1) is 11.3 Å². The molecule has 0 unspecified atom stereocenters. The van der Waals surface area contributed by atoms with E-state index in [1.165, 1.54) is 12.1 Å². The Bertz CT molecular complexity index is 664. The highest BCUT2D eigenvalue weighted by Gasteiger charge is 2.33. The summed E-state index contributed by atoms with van der Waals surface area (Å²) in [5.74, 6) is 0.132. The smallest absolute Gasteiger partial charge is 0.382 e. The van der Waals surface area contributed by atoms with Crippen molar-refractivity contribution in [3.8, 4) is 6.07 Å². The average Bonchev–Trinajstić information content (AvgIpc) is 2.40. The Morgan fingerprint density at radius 2 is 1.86 bits per heavy atom. The molecular weight excluding hydrogens is 305 g/mol. The van der Waals surface area contributed by atoms with Crippen LogP contribution in [-0.4, -0.2) is 26.0 Å². The van der Waals surface area contributed by atoms with Crippen molar-refractivity contribution in [2.75, 3.05) is 16.8 Å². The van der Waals surface area contributed by atoms with Crippen LogP contribution in [0.5, 0.6) is 0 Å². The fraction of sp³-hybridized carbons (Fsp3) is 0.462. The molecule has 0 saturated carbocycles. The monoisotopic (exact) mass is 318 g/mol. The second-order valence-electron chi connectivity index (χ2n) is 4.94. The van der Waals surface area contributed by atoms with Gasteiger partial charge in [0.15, 0.2) is 0 Å². The summed E-state index contributed by atoms with van der Waals surface area (Å²) in [6, 6.07) is 4.69. The number of sulfone groups is 1. The first kappa shape index (κ1) is 15.6. The predicted octanol–water partition coefficient (Wildman–Crippen LogP) is 2.57. The number of rotatable bonds is 2. The summed E-state index contributed by atoms with van der Waals surface area (Å²) in [5, 5.41) is 11.8. The van der Waals surface area contributed by atoms with E-state index in [-0.39, 0.29) is 17.5 Å². The fourth-order valence-electron chi connectivity index (χ4n) is 2.24. The Morgan fingerprint density at radius 1 is 1.24 bits per heavy atom. The van der Waals surface area contributed by atoms with Crippen LogP contribution in [0.25, 0.3) is 0 Å². The van der Waals surface area contributed by atoms with Crippen molar-refractivity contribution in [3.05, 3.63) is 29.3 Å². The maximum Gasteiger partial charge on any atom is 0.417 e. The van der Waals surface area contributed by atoms with Gasteiger partial charge in [-0.15, -0.1) is 0 Å². The highest BCUT2D eigenvalue weighted by atomic mass is 32.2. The SMILES string of the molecule is N#Cc1cc(NC2CCS(=O)(=O)CC2)ccc1C(F)(F)F. The van der Waals surface area contributed by atoms with E-state index in [0.29, 0.717) is 18.5 Å². The van der Waals surface area contributed by atoms with E-state index in [4.69, 9.17) is 5.26 Å². The van der Waals surface area contributed by atoms with Gasteiger partial charge in [0.1, 0.15) is 9.84 Å². The van der Waals surface area contributed by atoms with Crippen LogP contribution in [0.3, 0.4) is 0 Å². The molecule has 1 saturated heterocycles. The lowest BCUT2D eigenvalue weighted by atomic mass is 10.1. The minimum absolute atomic E-state index is 0.0659. The number of anilines is 1. The minimum atomic E-state index is -4.57. The molecule has 1 N–H and O–H groups in total. The van der Waals surface area contributed by atoms with Crippen molar-refractivity contribution in [2.45, 2.75) is 25.1 Å². The van der Waals surface area contributed by atoms with Crippen LogP contribution in [0.2, 0.25) is 0 Å². The average molecular weight is 318 g/mol. The van der Waals surface area contributed by atoms with Crippen LogP contribution in [0.15, 0.2) is 18.2 Å². The van der Waals surface area contributed by atoms with E-state index in [0.717, 1.165) is 12.1 Å². The van der Waals surface area contributed by atoms with Crippen molar-refractivity contribution in [1.82, 2.24) is 0 Å². The fourth-order valence-corrected chi connectivity index (χ4v) is 3.74. The number of nitrogens with one attached hydrogen (secondary N) is 1. The summed E-state index contributed by atoms with van der Waals surface area (Å²) < 4.78 is 60.6. The molecule has 1 aromatic carbocycles. The van der Waals surface area contributed by atoms with Gasteiger partial charge in [0.25, 0.3) is 0 Å². The van der Waals surface area contributed by atoms with Crippen molar-refractivity contribution < 1.29 is 21.6 Å². The zero-order chi connectivity index (χ0) is 15.7. The molecule has 1 aliphatic rings. The standard InChI is InChI=1S/C13H13F3N2O2S/c14-13(15,16)12-2-1-11(7-9(12)8-17)18-10-3-5-21(19,20)6-4-10/h1-2,7,10,18H,3-6H2. The van der Waals surface area contributed by atoms with E-state index < -0.39 is 27.1 Å². The number of nitrogens with zero attached hydrogens (tertiary/aromatic N) is 1. The molecule has 2 rings (SSSR count). The maximum absolute atomic E-state index is 12.7. The van der Waals surface area contributed by atoms with Crippen LogP contribution in [0.1, 0.15) is 24.0 Å². The first-order chi connectivity index (χ1) is 9.71. The van der Waals surface area contributed by atoms with Gasteiger partial charge in [0.05, 0.1) is 28.7 Å². The molecule has 0 aliphatic carbocycles. The van der Waals surface area contributed by atoms with Gasteiger partial charge < -0.3 is 5.32 Å². The van der Waals surface area contributed by atoms with E-state index in [1.54, 1.807) is 0 Å². The Morgan fingerprint density at radius 3 is 2.38 bits per heavy atom. The molecule has 1 heterocycles. The van der Waals surface area contributed by atoms with Crippen molar-refractivity contribution in [1.29, 1.82) is 5.26 Å². The third-order valence-corrected chi connectivity index (χ3v) is 5.09. The molecule has 8 heteroatoms. The van der Waals surface area contributed by atoms with Crippen LogP contribution >= 0.6 is 0 Å². The van der Waals surface area contributed by atoms with Crippen LogP contribution < -0.4 is 5.32 Å². The van der Waals surface area contributed by atoms with E-state index in [9.17, 15) is 21.6 Å². The first-order valence-electron chi connectivity index (χ1n) is 6.29. The Kier molecular flexibility index (Phi) is 4.14. The summed E-state index contributed by atoms with van der Waals surface area (Å²) in [5.41, 5.74) is -1.03. The quantitative estimate of drug-likeness (QED) is 0.910. The molecule has 0 bridgehead atoms. The van der Waals surface area contributed by atoms with Crippen LogP contribution in [0.4, 0.5) is 18.9 Å². The summed E-state index contributed by atoms with van der Waals surface area (Å²) in [7, 11) is -2.99. The highest BCUT2D eigenvalue weighted by Crippen LogP contribution is 2.33.